The Hall–Kier alpha value is -1.79. The Morgan fingerprint density at radius 2 is 1.87 bits per heavy atom. The topological polar surface area (TPSA) is 46.6 Å². The number of rotatable bonds is 3. The number of halogens is 1. The number of sulfonamides is 1. The third-order valence-corrected chi connectivity index (χ3v) is 6.14. The average Bonchev–Trinajstić information content (AvgIpc) is 2.54. The molecule has 0 atom stereocenters. The molecule has 1 aliphatic rings. The van der Waals surface area contributed by atoms with Crippen molar-refractivity contribution in [2.45, 2.75) is 18.4 Å². The summed E-state index contributed by atoms with van der Waals surface area (Å²) in [7, 11) is -1.97. The SMILES string of the molecule is COc1cc2c(cc1Br)C=CN(S(=O)(=O)c1ccc(C)cc1)C2. The molecule has 0 aromatic heterocycles. The summed E-state index contributed by atoms with van der Waals surface area (Å²) in [6.45, 7) is 2.21. The molecule has 0 fully saturated rings. The van der Waals surface area contributed by atoms with E-state index < -0.39 is 10.0 Å². The van der Waals surface area contributed by atoms with Crippen LogP contribution in [-0.2, 0) is 16.6 Å². The number of benzene rings is 2. The molecule has 2 aromatic rings. The maximum Gasteiger partial charge on any atom is 0.264 e. The molecule has 0 amide bonds. The van der Waals surface area contributed by atoms with Crippen LogP contribution in [0.1, 0.15) is 16.7 Å². The predicted octanol–water partition coefficient (Wildman–Crippen LogP) is 3.94. The van der Waals surface area contributed by atoms with E-state index >= 15 is 0 Å². The second-order valence-electron chi connectivity index (χ2n) is 5.36. The summed E-state index contributed by atoms with van der Waals surface area (Å²) < 4.78 is 33.0. The van der Waals surface area contributed by atoms with Gasteiger partial charge in [-0.3, -0.25) is 4.31 Å². The van der Waals surface area contributed by atoms with Crippen LogP contribution in [0.3, 0.4) is 0 Å². The number of methoxy groups -OCH3 is 1. The minimum Gasteiger partial charge on any atom is -0.496 e. The first kappa shape index (κ1) is 16.1. The lowest BCUT2D eigenvalue weighted by Crippen LogP contribution is -2.27. The van der Waals surface area contributed by atoms with E-state index in [1.807, 2.05) is 19.1 Å². The van der Waals surface area contributed by atoms with Crippen LogP contribution in [0, 0.1) is 6.92 Å². The molecule has 0 N–H and O–H groups in total. The summed E-state index contributed by atoms with van der Waals surface area (Å²) in [5.74, 6) is 0.687. The smallest absolute Gasteiger partial charge is 0.264 e. The van der Waals surface area contributed by atoms with E-state index in [1.165, 1.54) is 4.31 Å². The van der Waals surface area contributed by atoms with E-state index in [0.717, 1.165) is 21.2 Å². The first-order valence-electron chi connectivity index (χ1n) is 7.05. The average molecular weight is 394 g/mol. The maximum absolute atomic E-state index is 12.8. The molecule has 0 aliphatic carbocycles. The Morgan fingerprint density at radius 3 is 2.52 bits per heavy atom. The van der Waals surface area contributed by atoms with Gasteiger partial charge in [0.15, 0.2) is 0 Å². The van der Waals surface area contributed by atoms with Gasteiger partial charge in [0.25, 0.3) is 10.0 Å². The fraction of sp³-hybridized carbons (Fsp3) is 0.176. The standard InChI is InChI=1S/C17H16BrNO3S/c1-12-3-5-15(6-4-12)23(20,21)19-8-7-13-9-16(18)17(22-2)10-14(13)11-19/h3-10H,11H2,1-2H3. The Kier molecular flexibility index (Phi) is 4.21. The largest absolute Gasteiger partial charge is 0.496 e. The molecule has 6 heteroatoms. The molecule has 0 spiro atoms. The molecule has 1 aliphatic heterocycles. The number of ether oxygens (including phenoxy) is 1. The van der Waals surface area contributed by atoms with Crippen LogP contribution in [0.5, 0.6) is 5.75 Å². The van der Waals surface area contributed by atoms with Gasteiger partial charge in [0.1, 0.15) is 5.75 Å². The van der Waals surface area contributed by atoms with Crippen LogP contribution in [0.2, 0.25) is 0 Å². The molecule has 2 aromatic carbocycles. The van der Waals surface area contributed by atoms with E-state index in [0.29, 0.717) is 10.6 Å². The molecule has 1 heterocycles. The molecular weight excluding hydrogens is 378 g/mol. The fourth-order valence-electron chi connectivity index (χ4n) is 2.45. The number of hydrogen-bond donors (Lipinski definition) is 0. The van der Waals surface area contributed by atoms with Crippen molar-refractivity contribution >= 4 is 32.0 Å². The second kappa shape index (κ2) is 6.02. The van der Waals surface area contributed by atoms with Gasteiger partial charge in [-0.05, 0) is 64.3 Å². The van der Waals surface area contributed by atoms with Gasteiger partial charge in [0.2, 0.25) is 0 Å². The van der Waals surface area contributed by atoms with Crippen molar-refractivity contribution in [1.29, 1.82) is 0 Å². The molecule has 3 rings (SSSR count). The van der Waals surface area contributed by atoms with E-state index in [-0.39, 0.29) is 6.54 Å². The summed E-state index contributed by atoms with van der Waals surface area (Å²) in [5.41, 5.74) is 2.91. The quantitative estimate of drug-likeness (QED) is 0.792. The third kappa shape index (κ3) is 3.01. The summed E-state index contributed by atoms with van der Waals surface area (Å²) in [6, 6.07) is 10.7. The molecule has 0 bridgehead atoms. The van der Waals surface area contributed by atoms with E-state index in [2.05, 4.69) is 15.9 Å². The van der Waals surface area contributed by atoms with Crippen molar-refractivity contribution in [2.75, 3.05) is 7.11 Å². The number of fused-ring (bicyclic) bond motifs is 1. The van der Waals surface area contributed by atoms with Crippen LogP contribution in [-0.4, -0.2) is 19.8 Å². The first-order chi connectivity index (χ1) is 10.9. The monoisotopic (exact) mass is 393 g/mol. The van der Waals surface area contributed by atoms with Crippen molar-refractivity contribution in [2.24, 2.45) is 0 Å². The molecule has 0 saturated carbocycles. The summed E-state index contributed by atoms with van der Waals surface area (Å²) in [6.07, 6.45) is 3.41. The van der Waals surface area contributed by atoms with Gasteiger partial charge in [-0.1, -0.05) is 17.7 Å². The number of hydrogen-bond acceptors (Lipinski definition) is 3. The van der Waals surface area contributed by atoms with Crippen LogP contribution in [0.25, 0.3) is 6.08 Å². The summed E-state index contributed by atoms with van der Waals surface area (Å²) in [4.78, 5) is 0.292. The lowest BCUT2D eigenvalue weighted by Gasteiger charge is -2.25. The second-order valence-corrected chi connectivity index (χ2v) is 8.11. The highest BCUT2D eigenvalue weighted by molar-refractivity contribution is 9.10. The minimum absolute atomic E-state index is 0.283. The van der Waals surface area contributed by atoms with E-state index in [9.17, 15) is 8.42 Å². The highest BCUT2D eigenvalue weighted by Crippen LogP contribution is 2.33. The number of aryl methyl sites for hydroxylation is 1. The van der Waals surface area contributed by atoms with Gasteiger partial charge in [0.05, 0.1) is 23.0 Å². The predicted molar refractivity (Wildman–Crippen MR) is 93.6 cm³/mol. The molecule has 23 heavy (non-hydrogen) atoms. The molecule has 0 radical (unpaired) electrons. The maximum atomic E-state index is 12.8. The highest BCUT2D eigenvalue weighted by atomic mass is 79.9. The Morgan fingerprint density at radius 1 is 1.17 bits per heavy atom. The third-order valence-electron chi connectivity index (χ3n) is 3.79. The molecule has 120 valence electrons. The lowest BCUT2D eigenvalue weighted by atomic mass is 10.1. The fourth-order valence-corrected chi connectivity index (χ4v) is 4.26. The molecule has 0 saturated heterocycles. The van der Waals surface area contributed by atoms with Crippen LogP contribution in [0.4, 0.5) is 0 Å². The van der Waals surface area contributed by atoms with Gasteiger partial charge in [0, 0.05) is 6.20 Å². The van der Waals surface area contributed by atoms with Gasteiger partial charge in [-0.2, -0.15) is 0 Å². The normalized spacial score (nSPS) is 13.8. The van der Waals surface area contributed by atoms with Crippen molar-refractivity contribution in [3.63, 3.8) is 0 Å². The Balaban J connectivity index is 1.97. The molecule has 4 nitrogen and oxygen atoms in total. The summed E-state index contributed by atoms with van der Waals surface area (Å²) in [5, 5.41) is 0. The van der Waals surface area contributed by atoms with Gasteiger partial charge in [-0.15, -0.1) is 0 Å². The van der Waals surface area contributed by atoms with Crippen molar-refractivity contribution < 1.29 is 13.2 Å². The lowest BCUT2D eigenvalue weighted by molar-refractivity contribution is 0.410. The van der Waals surface area contributed by atoms with Gasteiger partial charge in [-0.25, -0.2) is 8.42 Å². The van der Waals surface area contributed by atoms with Crippen LogP contribution in [0.15, 0.2) is 52.0 Å². The summed E-state index contributed by atoms with van der Waals surface area (Å²) >= 11 is 3.44. The van der Waals surface area contributed by atoms with Crippen molar-refractivity contribution in [3.05, 3.63) is 63.8 Å². The van der Waals surface area contributed by atoms with Crippen LogP contribution >= 0.6 is 15.9 Å². The first-order valence-corrected chi connectivity index (χ1v) is 9.28. The molecule has 0 unspecified atom stereocenters. The van der Waals surface area contributed by atoms with Crippen LogP contribution < -0.4 is 4.74 Å². The Labute approximate surface area is 144 Å². The van der Waals surface area contributed by atoms with Crippen molar-refractivity contribution in [3.8, 4) is 5.75 Å². The zero-order valence-corrected chi connectivity index (χ0v) is 15.2. The number of nitrogens with zero attached hydrogens (tertiary/aromatic N) is 1. The van der Waals surface area contributed by atoms with Gasteiger partial charge < -0.3 is 4.74 Å². The van der Waals surface area contributed by atoms with E-state index in [1.54, 1.807) is 43.7 Å². The van der Waals surface area contributed by atoms with Gasteiger partial charge >= 0.3 is 0 Å². The molecular formula is C17H16BrNO3S. The van der Waals surface area contributed by atoms with Crippen molar-refractivity contribution in [1.82, 2.24) is 4.31 Å². The zero-order chi connectivity index (χ0) is 16.6. The highest BCUT2D eigenvalue weighted by Gasteiger charge is 2.25. The Bertz CT molecular complexity index is 873. The zero-order valence-electron chi connectivity index (χ0n) is 12.8. The minimum atomic E-state index is -3.56. The van der Waals surface area contributed by atoms with E-state index in [4.69, 9.17) is 4.74 Å².